The average Bonchev–Trinajstić information content (AvgIpc) is 3.70. The molecule has 1 aliphatic carbocycles. The first kappa shape index (κ1) is 23.2. The second-order valence-corrected chi connectivity index (χ2v) is 9.21. The van der Waals surface area contributed by atoms with Gasteiger partial charge in [-0.15, -0.1) is 0 Å². The Kier molecular flexibility index (Phi) is 6.59. The number of hydrogen-bond acceptors (Lipinski definition) is 5. The second kappa shape index (κ2) is 9.96. The summed E-state index contributed by atoms with van der Waals surface area (Å²) >= 11 is 6.36. The highest BCUT2D eigenvalue weighted by Gasteiger charge is 2.29. The molecule has 0 saturated heterocycles. The number of benzene rings is 2. The van der Waals surface area contributed by atoms with E-state index in [4.69, 9.17) is 21.1 Å². The molecular weight excluding hydrogens is 468 g/mol. The van der Waals surface area contributed by atoms with E-state index < -0.39 is 11.9 Å². The van der Waals surface area contributed by atoms with Gasteiger partial charge in [-0.3, -0.25) is 14.6 Å². The number of carboxylic acids is 1. The van der Waals surface area contributed by atoms with Crippen LogP contribution in [-0.4, -0.2) is 35.1 Å². The monoisotopic (exact) mass is 492 g/mol. The molecule has 3 aromatic rings. The first-order chi connectivity index (χ1) is 17.0. The number of aliphatic carboxylic acids is 1. The van der Waals surface area contributed by atoms with Gasteiger partial charge >= 0.3 is 5.97 Å². The zero-order chi connectivity index (χ0) is 24.4. The Balaban J connectivity index is 1.20. The van der Waals surface area contributed by atoms with Gasteiger partial charge in [0.15, 0.2) is 0 Å². The minimum absolute atomic E-state index is 0.159. The van der Waals surface area contributed by atoms with Crippen molar-refractivity contribution in [3.8, 4) is 17.2 Å². The van der Waals surface area contributed by atoms with Crippen LogP contribution in [-0.2, 0) is 11.2 Å². The van der Waals surface area contributed by atoms with Gasteiger partial charge in [-0.1, -0.05) is 17.7 Å². The summed E-state index contributed by atoms with van der Waals surface area (Å²) in [5.74, 6) is 0.169. The van der Waals surface area contributed by atoms with E-state index in [1.165, 1.54) is 18.4 Å². The number of amides is 1. The molecule has 1 fully saturated rings. The molecule has 2 aromatic carbocycles. The van der Waals surface area contributed by atoms with Crippen molar-refractivity contribution >= 4 is 23.5 Å². The molecule has 1 atom stereocenters. The van der Waals surface area contributed by atoms with E-state index in [0.29, 0.717) is 58.9 Å². The third kappa shape index (κ3) is 5.25. The fourth-order valence-corrected chi connectivity index (χ4v) is 4.54. The van der Waals surface area contributed by atoms with Crippen molar-refractivity contribution in [3.63, 3.8) is 0 Å². The van der Waals surface area contributed by atoms with Crippen LogP contribution in [0, 0.1) is 0 Å². The van der Waals surface area contributed by atoms with Crippen LogP contribution in [0.1, 0.15) is 58.3 Å². The molecule has 1 aliphatic heterocycles. The number of carbonyl (C=O) groups excluding carboxylic acids is 1. The molecule has 0 spiro atoms. The largest absolute Gasteiger partial charge is 0.493 e. The van der Waals surface area contributed by atoms with E-state index in [2.05, 4.69) is 16.4 Å². The lowest BCUT2D eigenvalue weighted by atomic mass is 9.93. The number of halogens is 1. The van der Waals surface area contributed by atoms with E-state index in [1.807, 2.05) is 12.3 Å². The summed E-state index contributed by atoms with van der Waals surface area (Å²) in [5, 5.41) is 12.7. The van der Waals surface area contributed by atoms with Crippen molar-refractivity contribution in [3.05, 3.63) is 82.1 Å². The Labute approximate surface area is 208 Å². The molecule has 0 bridgehead atoms. The van der Waals surface area contributed by atoms with Crippen LogP contribution < -0.4 is 14.8 Å². The highest BCUT2D eigenvalue weighted by Crippen LogP contribution is 2.42. The number of nitrogens with zero attached hydrogens (tertiary/aromatic N) is 1. The summed E-state index contributed by atoms with van der Waals surface area (Å²) in [7, 11) is 0. The highest BCUT2D eigenvalue weighted by atomic mass is 35.5. The summed E-state index contributed by atoms with van der Waals surface area (Å²) in [4.78, 5) is 28.6. The Hall–Kier alpha value is -3.58. The average molecular weight is 493 g/mol. The number of pyridine rings is 1. The highest BCUT2D eigenvalue weighted by molar-refractivity contribution is 6.32. The van der Waals surface area contributed by atoms with Gasteiger partial charge in [0.2, 0.25) is 0 Å². The SMILES string of the molecule is O=C(NCCc1cccnc1C1CC1)c1ccc(Oc2cc3c(cc2Cl)C(C(=O)O)CCO3)cc1. The van der Waals surface area contributed by atoms with E-state index >= 15 is 0 Å². The van der Waals surface area contributed by atoms with Crippen LogP contribution in [0.25, 0.3) is 0 Å². The summed E-state index contributed by atoms with van der Waals surface area (Å²) in [6.45, 7) is 0.849. The zero-order valence-corrected chi connectivity index (χ0v) is 19.8. The smallest absolute Gasteiger partial charge is 0.311 e. The van der Waals surface area contributed by atoms with Crippen molar-refractivity contribution in [2.75, 3.05) is 13.2 Å². The third-order valence-electron chi connectivity index (χ3n) is 6.32. The standard InChI is InChI=1S/C27H25ClN2O5/c28-22-14-21-20(27(32)33)10-13-34-23(21)15-24(22)35-19-7-5-18(6-8-19)26(31)30-12-9-16-2-1-11-29-25(16)17-3-4-17/h1-2,5-8,11,14-15,17,20H,3-4,9-10,12-13H2,(H,30,31)(H,32,33). The normalized spacial score (nSPS) is 16.7. The van der Waals surface area contributed by atoms with Crippen LogP contribution in [0.4, 0.5) is 0 Å². The Morgan fingerprint density at radius 1 is 1.14 bits per heavy atom. The number of aromatic nitrogens is 1. The Morgan fingerprint density at radius 2 is 1.94 bits per heavy atom. The molecule has 1 aromatic heterocycles. The van der Waals surface area contributed by atoms with E-state index in [1.54, 1.807) is 36.4 Å². The minimum atomic E-state index is -0.906. The van der Waals surface area contributed by atoms with Gasteiger partial charge in [-0.05, 0) is 67.6 Å². The molecule has 7 nitrogen and oxygen atoms in total. The van der Waals surface area contributed by atoms with Gasteiger partial charge in [-0.25, -0.2) is 0 Å². The molecule has 1 amide bonds. The quantitative estimate of drug-likeness (QED) is 0.441. The maximum atomic E-state index is 12.6. The molecule has 2 aliphatic rings. The fourth-order valence-electron chi connectivity index (χ4n) is 4.33. The van der Waals surface area contributed by atoms with Gasteiger partial charge in [-0.2, -0.15) is 0 Å². The van der Waals surface area contributed by atoms with Gasteiger partial charge in [0.1, 0.15) is 17.2 Å². The molecule has 1 unspecified atom stereocenters. The first-order valence-corrected chi connectivity index (χ1v) is 12.1. The molecule has 180 valence electrons. The molecule has 2 N–H and O–H groups in total. The van der Waals surface area contributed by atoms with Crippen LogP contribution in [0.5, 0.6) is 17.2 Å². The van der Waals surface area contributed by atoms with Crippen molar-refractivity contribution in [1.82, 2.24) is 10.3 Å². The van der Waals surface area contributed by atoms with E-state index in [0.717, 1.165) is 12.1 Å². The number of carbonyl (C=O) groups is 2. The number of ether oxygens (including phenoxy) is 2. The number of nitrogens with one attached hydrogen (secondary N) is 1. The Morgan fingerprint density at radius 3 is 2.69 bits per heavy atom. The first-order valence-electron chi connectivity index (χ1n) is 11.7. The zero-order valence-electron chi connectivity index (χ0n) is 19.0. The van der Waals surface area contributed by atoms with Crippen molar-refractivity contribution in [2.45, 2.75) is 37.5 Å². The maximum absolute atomic E-state index is 12.6. The number of hydrogen-bond donors (Lipinski definition) is 2. The molecule has 1 saturated carbocycles. The molecule has 2 heterocycles. The number of fused-ring (bicyclic) bond motifs is 1. The number of rotatable bonds is 8. The summed E-state index contributed by atoms with van der Waals surface area (Å²) in [6, 6.07) is 14.0. The molecular formula is C27H25ClN2O5. The van der Waals surface area contributed by atoms with E-state index in [9.17, 15) is 14.7 Å². The Bertz CT molecular complexity index is 1260. The van der Waals surface area contributed by atoms with Gasteiger partial charge in [0.25, 0.3) is 5.91 Å². The van der Waals surface area contributed by atoms with Crippen LogP contribution in [0.2, 0.25) is 5.02 Å². The topological polar surface area (TPSA) is 97.8 Å². The summed E-state index contributed by atoms with van der Waals surface area (Å²) in [6.07, 6.45) is 5.35. The van der Waals surface area contributed by atoms with Crippen molar-refractivity contribution < 1.29 is 24.2 Å². The van der Waals surface area contributed by atoms with Gasteiger partial charge in [0.05, 0.1) is 17.5 Å². The van der Waals surface area contributed by atoms with Crippen LogP contribution in [0.15, 0.2) is 54.7 Å². The lowest BCUT2D eigenvalue weighted by Crippen LogP contribution is -2.25. The third-order valence-corrected chi connectivity index (χ3v) is 6.61. The van der Waals surface area contributed by atoms with Crippen molar-refractivity contribution in [1.29, 1.82) is 0 Å². The molecule has 35 heavy (non-hydrogen) atoms. The fraction of sp³-hybridized carbons (Fsp3) is 0.296. The lowest BCUT2D eigenvalue weighted by Gasteiger charge is -2.24. The predicted molar refractivity (Wildman–Crippen MR) is 131 cm³/mol. The van der Waals surface area contributed by atoms with Gasteiger partial charge in [0, 0.05) is 41.5 Å². The molecule has 5 rings (SSSR count). The second-order valence-electron chi connectivity index (χ2n) is 8.80. The summed E-state index contributed by atoms with van der Waals surface area (Å²) < 4.78 is 11.5. The lowest BCUT2D eigenvalue weighted by molar-refractivity contribution is -0.139. The minimum Gasteiger partial charge on any atom is -0.493 e. The van der Waals surface area contributed by atoms with Gasteiger partial charge < -0.3 is 19.9 Å². The predicted octanol–water partition coefficient (Wildman–Crippen LogP) is 5.33. The van der Waals surface area contributed by atoms with E-state index in [-0.39, 0.29) is 5.91 Å². The number of carboxylic acid groups (broad SMARTS) is 1. The maximum Gasteiger partial charge on any atom is 0.311 e. The van der Waals surface area contributed by atoms with Crippen LogP contribution >= 0.6 is 11.6 Å². The molecule has 8 heteroatoms. The molecule has 0 radical (unpaired) electrons. The summed E-state index contributed by atoms with van der Waals surface area (Å²) in [5.41, 5.74) is 3.42. The van der Waals surface area contributed by atoms with Crippen molar-refractivity contribution in [2.24, 2.45) is 0 Å². The van der Waals surface area contributed by atoms with Crippen LogP contribution in [0.3, 0.4) is 0 Å².